The van der Waals surface area contributed by atoms with Crippen molar-refractivity contribution in [1.82, 2.24) is 10.2 Å². The third-order valence-electron chi connectivity index (χ3n) is 3.43. The predicted molar refractivity (Wildman–Crippen MR) is 95.8 cm³/mol. The average Bonchev–Trinajstić information content (AvgIpc) is 3.02. The van der Waals surface area contributed by atoms with Crippen molar-refractivity contribution >= 4 is 40.4 Å². The highest BCUT2D eigenvalue weighted by Gasteiger charge is 2.16. The van der Waals surface area contributed by atoms with Crippen LogP contribution in [-0.2, 0) is 11.3 Å². The molecule has 0 fully saturated rings. The van der Waals surface area contributed by atoms with Gasteiger partial charge in [-0.25, -0.2) is 0 Å². The first-order valence-electron chi connectivity index (χ1n) is 7.45. The van der Waals surface area contributed by atoms with E-state index < -0.39 is 10.8 Å². The first kappa shape index (κ1) is 18.9. The van der Waals surface area contributed by atoms with Crippen molar-refractivity contribution in [2.45, 2.75) is 13.5 Å². The molecule has 0 unspecified atom stereocenters. The first-order chi connectivity index (χ1) is 11.9. The van der Waals surface area contributed by atoms with Crippen LogP contribution < -0.4 is 5.32 Å². The maximum Gasteiger partial charge on any atom is 0.270 e. The molecule has 0 atom stereocenters. The van der Waals surface area contributed by atoms with Crippen LogP contribution in [0.4, 0.5) is 5.69 Å². The Bertz CT molecular complexity index is 793. The predicted octanol–water partition coefficient (Wildman–Crippen LogP) is 3.09. The third kappa shape index (κ3) is 5.27. The van der Waals surface area contributed by atoms with E-state index in [1.165, 1.54) is 35.6 Å². The molecule has 0 saturated carbocycles. The Labute approximate surface area is 153 Å². The number of hydrogen-bond donors (Lipinski definition) is 1. The van der Waals surface area contributed by atoms with E-state index in [1.54, 1.807) is 11.0 Å². The summed E-state index contributed by atoms with van der Waals surface area (Å²) >= 11 is 7.28. The van der Waals surface area contributed by atoms with Gasteiger partial charge < -0.3 is 10.2 Å². The maximum absolute atomic E-state index is 12.3. The van der Waals surface area contributed by atoms with Crippen LogP contribution in [0.25, 0.3) is 0 Å². The number of nitrogens with zero attached hydrogens (tertiary/aromatic N) is 2. The maximum atomic E-state index is 12.3. The van der Waals surface area contributed by atoms with Gasteiger partial charge >= 0.3 is 0 Å². The monoisotopic (exact) mass is 381 g/mol. The molecule has 9 heteroatoms. The normalized spacial score (nSPS) is 10.3. The Kier molecular flexibility index (Phi) is 6.49. The molecule has 0 aliphatic heterocycles. The van der Waals surface area contributed by atoms with Crippen molar-refractivity contribution in [3.63, 3.8) is 0 Å². The Hall–Kier alpha value is -2.45. The van der Waals surface area contributed by atoms with Gasteiger partial charge in [-0.2, -0.15) is 0 Å². The molecule has 0 aliphatic carbocycles. The summed E-state index contributed by atoms with van der Waals surface area (Å²) < 4.78 is 0.650. The zero-order chi connectivity index (χ0) is 18.4. The number of benzene rings is 1. The molecule has 2 aromatic rings. The molecule has 1 aromatic heterocycles. The van der Waals surface area contributed by atoms with E-state index in [1.807, 2.05) is 13.0 Å². The third-order valence-corrected chi connectivity index (χ3v) is 4.65. The van der Waals surface area contributed by atoms with Gasteiger partial charge in [0, 0.05) is 29.1 Å². The molecule has 0 spiro atoms. The van der Waals surface area contributed by atoms with Crippen molar-refractivity contribution in [3.05, 3.63) is 61.3 Å². The Balaban J connectivity index is 1.94. The Morgan fingerprint density at radius 2 is 2.08 bits per heavy atom. The van der Waals surface area contributed by atoms with E-state index in [2.05, 4.69) is 5.32 Å². The number of carbonyl (C=O) groups is 2. The molecule has 0 bridgehead atoms. The number of nitro benzene ring substituents is 1. The minimum atomic E-state index is -0.576. The molecule has 0 saturated heterocycles. The lowest BCUT2D eigenvalue weighted by Gasteiger charge is -2.20. The Morgan fingerprint density at radius 1 is 1.32 bits per heavy atom. The molecule has 0 aliphatic rings. The number of hydrogen-bond acceptors (Lipinski definition) is 5. The molecule has 7 nitrogen and oxygen atoms in total. The fourth-order valence-corrected chi connectivity index (χ4v) is 3.23. The summed E-state index contributed by atoms with van der Waals surface area (Å²) in [4.78, 5) is 37.1. The second-order valence-electron chi connectivity index (χ2n) is 5.10. The summed E-state index contributed by atoms with van der Waals surface area (Å²) in [6.07, 6.45) is 0. The van der Waals surface area contributed by atoms with E-state index in [9.17, 15) is 19.7 Å². The van der Waals surface area contributed by atoms with Gasteiger partial charge in [0.05, 0.1) is 22.3 Å². The van der Waals surface area contributed by atoms with Crippen LogP contribution in [0, 0.1) is 10.1 Å². The fraction of sp³-hybridized carbons (Fsp3) is 0.250. The lowest BCUT2D eigenvalue weighted by molar-refractivity contribution is -0.384. The van der Waals surface area contributed by atoms with Crippen LogP contribution in [0.3, 0.4) is 0 Å². The number of thiophene rings is 1. The molecule has 0 radical (unpaired) electrons. The van der Waals surface area contributed by atoms with Crippen LogP contribution in [0.15, 0.2) is 36.4 Å². The second kappa shape index (κ2) is 8.59. The molecule has 1 heterocycles. The van der Waals surface area contributed by atoms with Crippen LogP contribution in [-0.4, -0.2) is 34.7 Å². The number of likely N-dealkylation sites (N-methyl/N-ethyl adjacent to an activating group) is 1. The van der Waals surface area contributed by atoms with Gasteiger partial charge in [-0.05, 0) is 25.1 Å². The minimum Gasteiger partial charge on any atom is -0.343 e. The number of amides is 2. The molecular weight excluding hydrogens is 366 g/mol. The van der Waals surface area contributed by atoms with Crippen molar-refractivity contribution in [2.24, 2.45) is 0 Å². The van der Waals surface area contributed by atoms with Gasteiger partial charge in [-0.1, -0.05) is 17.7 Å². The fourth-order valence-electron chi connectivity index (χ4n) is 2.13. The standard InChI is InChI=1S/C16H16ClN3O4S/c1-2-19(10-13-6-7-14(17)25-13)15(21)9-18-16(22)11-4-3-5-12(8-11)20(23)24/h3-8H,2,9-10H2,1H3,(H,18,22). The number of non-ortho nitro benzene ring substituents is 1. The van der Waals surface area contributed by atoms with Crippen LogP contribution in [0.1, 0.15) is 22.2 Å². The van der Waals surface area contributed by atoms with E-state index in [4.69, 9.17) is 11.6 Å². The lowest BCUT2D eigenvalue weighted by Crippen LogP contribution is -2.39. The van der Waals surface area contributed by atoms with Gasteiger partial charge in [0.15, 0.2) is 0 Å². The van der Waals surface area contributed by atoms with Gasteiger partial charge in [0.25, 0.3) is 11.6 Å². The largest absolute Gasteiger partial charge is 0.343 e. The summed E-state index contributed by atoms with van der Waals surface area (Å²) in [6, 6.07) is 8.97. The van der Waals surface area contributed by atoms with Crippen molar-refractivity contribution in [1.29, 1.82) is 0 Å². The number of halogens is 1. The number of carbonyl (C=O) groups excluding carboxylic acids is 2. The van der Waals surface area contributed by atoms with Crippen molar-refractivity contribution < 1.29 is 14.5 Å². The zero-order valence-corrected chi connectivity index (χ0v) is 15.0. The summed E-state index contributed by atoms with van der Waals surface area (Å²) in [5, 5.41) is 13.2. The van der Waals surface area contributed by atoms with Crippen LogP contribution in [0.5, 0.6) is 0 Å². The van der Waals surface area contributed by atoms with Gasteiger partial charge in [0.1, 0.15) is 0 Å². The van der Waals surface area contributed by atoms with Crippen LogP contribution >= 0.6 is 22.9 Å². The lowest BCUT2D eigenvalue weighted by atomic mass is 10.2. The molecule has 1 aromatic carbocycles. The average molecular weight is 382 g/mol. The van der Waals surface area contributed by atoms with Gasteiger partial charge in [0.2, 0.25) is 5.91 Å². The van der Waals surface area contributed by atoms with Gasteiger partial charge in [-0.3, -0.25) is 19.7 Å². The van der Waals surface area contributed by atoms with Crippen LogP contribution in [0.2, 0.25) is 4.34 Å². The van der Waals surface area contributed by atoms with E-state index in [0.29, 0.717) is 17.4 Å². The summed E-state index contributed by atoms with van der Waals surface area (Å²) in [5.74, 6) is -0.780. The highest BCUT2D eigenvalue weighted by Crippen LogP contribution is 2.22. The molecule has 1 N–H and O–H groups in total. The summed E-state index contributed by atoms with van der Waals surface area (Å²) in [7, 11) is 0. The highest BCUT2D eigenvalue weighted by molar-refractivity contribution is 7.16. The minimum absolute atomic E-state index is 0.134. The quantitative estimate of drug-likeness (QED) is 0.589. The number of nitro groups is 1. The summed E-state index contributed by atoms with van der Waals surface area (Å²) in [5.41, 5.74) is -0.0428. The molecular formula is C16H16ClN3O4S. The van der Waals surface area contributed by atoms with Gasteiger partial charge in [-0.15, -0.1) is 11.3 Å². The highest BCUT2D eigenvalue weighted by atomic mass is 35.5. The number of rotatable bonds is 7. The van der Waals surface area contributed by atoms with Crippen molar-refractivity contribution in [3.8, 4) is 0 Å². The molecule has 2 amide bonds. The van der Waals surface area contributed by atoms with E-state index in [-0.39, 0.29) is 23.7 Å². The summed E-state index contributed by atoms with van der Waals surface area (Å²) in [6.45, 7) is 2.56. The zero-order valence-electron chi connectivity index (χ0n) is 13.4. The topological polar surface area (TPSA) is 92.6 Å². The first-order valence-corrected chi connectivity index (χ1v) is 8.64. The SMILES string of the molecule is CCN(Cc1ccc(Cl)s1)C(=O)CNC(=O)c1cccc([N+](=O)[O-])c1. The number of nitrogens with one attached hydrogen (secondary N) is 1. The second-order valence-corrected chi connectivity index (χ2v) is 6.90. The van der Waals surface area contributed by atoms with E-state index in [0.717, 1.165) is 4.88 Å². The molecule has 25 heavy (non-hydrogen) atoms. The van der Waals surface area contributed by atoms with E-state index >= 15 is 0 Å². The van der Waals surface area contributed by atoms with Crippen molar-refractivity contribution in [2.75, 3.05) is 13.1 Å². The molecule has 2 rings (SSSR count). The Morgan fingerprint density at radius 3 is 2.68 bits per heavy atom. The molecule has 132 valence electrons. The smallest absolute Gasteiger partial charge is 0.270 e.